The smallest absolute Gasteiger partial charge is 0.276 e. The van der Waals surface area contributed by atoms with Gasteiger partial charge in [-0.15, -0.1) is 0 Å². The van der Waals surface area contributed by atoms with Crippen LogP contribution in [0.3, 0.4) is 0 Å². The highest BCUT2D eigenvalue weighted by Crippen LogP contribution is 2.21. The number of nitrogens with one attached hydrogen (secondary N) is 1. The molecule has 98 valence electrons. The van der Waals surface area contributed by atoms with Crippen LogP contribution >= 0.6 is 15.9 Å². The van der Waals surface area contributed by atoms with Gasteiger partial charge in [-0.25, -0.2) is 4.98 Å². The van der Waals surface area contributed by atoms with Crippen molar-refractivity contribution in [3.8, 4) is 0 Å². The van der Waals surface area contributed by atoms with Crippen LogP contribution in [0.25, 0.3) is 0 Å². The Hall–Kier alpha value is -2.15. The molecule has 0 atom stereocenters. The highest BCUT2D eigenvalue weighted by molar-refractivity contribution is 9.10. The number of halogens is 1. The van der Waals surface area contributed by atoms with E-state index in [1.807, 2.05) is 24.3 Å². The lowest BCUT2D eigenvalue weighted by Crippen LogP contribution is -2.04. The molecule has 6 nitrogen and oxygen atoms in total. The molecule has 0 spiro atoms. The molecule has 0 aliphatic carbocycles. The second-order valence-corrected chi connectivity index (χ2v) is 4.69. The van der Waals surface area contributed by atoms with Crippen LogP contribution in [-0.2, 0) is 6.54 Å². The first-order chi connectivity index (χ1) is 9.06. The number of hydrogen-bond acceptors (Lipinski definition) is 5. The molecule has 0 radical (unpaired) electrons. The lowest BCUT2D eigenvalue weighted by atomic mass is 10.2. The zero-order valence-corrected chi connectivity index (χ0v) is 11.4. The first-order valence-electron chi connectivity index (χ1n) is 5.45. The van der Waals surface area contributed by atoms with Crippen molar-refractivity contribution in [3.05, 3.63) is 56.5 Å². The molecule has 0 unspecified atom stereocenters. The molecule has 2 aromatic rings. The Bertz CT molecular complexity index is 618. The van der Waals surface area contributed by atoms with Crippen LogP contribution in [0.4, 0.5) is 17.3 Å². The van der Waals surface area contributed by atoms with E-state index in [-0.39, 0.29) is 11.5 Å². The molecular formula is C12H11BrN4O2. The minimum atomic E-state index is -0.498. The number of nitrogens with zero attached hydrogens (tertiary/aromatic N) is 2. The van der Waals surface area contributed by atoms with Crippen LogP contribution in [0.15, 0.2) is 40.9 Å². The quantitative estimate of drug-likeness (QED) is 0.666. The average Bonchev–Trinajstić information content (AvgIpc) is 2.37. The number of nitro groups is 1. The Morgan fingerprint density at radius 1 is 1.37 bits per heavy atom. The molecule has 7 heteroatoms. The van der Waals surface area contributed by atoms with Crippen molar-refractivity contribution in [1.29, 1.82) is 0 Å². The number of nitrogen functional groups attached to an aromatic ring is 1. The third-order valence-corrected chi connectivity index (χ3v) is 3.23. The number of rotatable bonds is 4. The van der Waals surface area contributed by atoms with Gasteiger partial charge in [0.1, 0.15) is 11.6 Å². The highest BCUT2D eigenvalue weighted by atomic mass is 79.9. The summed E-state index contributed by atoms with van der Waals surface area (Å²) >= 11 is 3.43. The minimum absolute atomic E-state index is 0.0814. The molecule has 0 aliphatic rings. The molecule has 3 N–H and O–H groups in total. The van der Waals surface area contributed by atoms with E-state index < -0.39 is 4.92 Å². The van der Waals surface area contributed by atoms with E-state index in [9.17, 15) is 10.1 Å². The number of anilines is 2. The normalized spacial score (nSPS) is 10.2. The zero-order valence-electron chi connectivity index (χ0n) is 9.84. The fourth-order valence-electron chi connectivity index (χ4n) is 1.56. The van der Waals surface area contributed by atoms with E-state index >= 15 is 0 Å². The van der Waals surface area contributed by atoms with E-state index in [0.717, 1.165) is 10.0 Å². The molecule has 1 heterocycles. The maximum absolute atomic E-state index is 10.7. The van der Waals surface area contributed by atoms with Crippen LogP contribution in [0.1, 0.15) is 5.56 Å². The van der Waals surface area contributed by atoms with Crippen LogP contribution < -0.4 is 11.1 Å². The van der Waals surface area contributed by atoms with Gasteiger partial charge in [-0.3, -0.25) is 10.1 Å². The Kier molecular flexibility index (Phi) is 3.96. The van der Waals surface area contributed by atoms with Gasteiger partial charge in [0.2, 0.25) is 0 Å². The highest BCUT2D eigenvalue weighted by Gasteiger charge is 2.09. The van der Waals surface area contributed by atoms with Crippen molar-refractivity contribution < 1.29 is 4.92 Å². The number of nitrogens with two attached hydrogens (primary N) is 1. The molecule has 0 fully saturated rings. The first kappa shape index (κ1) is 13.3. The monoisotopic (exact) mass is 322 g/mol. The summed E-state index contributed by atoms with van der Waals surface area (Å²) in [5, 5.41) is 13.7. The molecule has 1 aromatic carbocycles. The van der Waals surface area contributed by atoms with E-state index in [1.165, 1.54) is 12.1 Å². The molecule has 0 aliphatic heterocycles. The van der Waals surface area contributed by atoms with Crippen molar-refractivity contribution in [1.82, 2.24) is 4.98 Å². The lowest BCUT2D eigenvalue weighted by molar-refractivity contribution is -0.384. The molecule has 2 rings (SSSR count). The van der Waals surface area contributed by atoms with Crippen molar-refractivity contribution in [3.63, 3.8) is 0 Å². The lowest BCUT2D eigenvalue weighted by Gasteiger charge is -2.07. The van der Waals surface area contributed by atoms with E-state index in [4.69, 9.17) is 5.73 Å². The van der Waals surface area contributed by atoms with Gasteiger partial charge < -0.3 is 11.1 Å². The van der Waals surface area contributed by atoms with Crippen molar-refractivity contribution >= 4 is 33.3 Å². The summed E-state index contributed by atoms with van der Waals surface area (Å²) in [6.07, 6.45) is 0. The second-order valence-electron chi connectivity index (χ2n) is 3.84. The van der Waals surface area contributed by atoms with Crippen LogP contribution in [-0.4, -0.2) is 9.91 Å². The predicted molar refractivity (Wildman–Crippen MR) is 76.8 cm³/mol. The molecule has 19 heavy (non-hydrogen) atoms. The summed E-state index contributed by atoms with van der Waals surface area (Å²) in [6, 6.07) is 10.3. The van der Waals surface area contributed by atoms with Gasteiger partial charge in [-0.1, -0.05) is 34.1 Å². The van der Waals surface area contributed by atoms with Crippen LogP contribution in [0.5, 0.6) is 0 Å². The van der Waals surface area contributed by atoms with E-state index in [2.05, 4.69) is 26.2 Å². The zero-order chi connectivity index (χ0) is 13.8. The van der Waals surface area contributed by atoms with Gasteiger partial charge in [0.05, 0.1) is 17.1 Å². The van der Waals surface area contributed by atoms with Gasteiger partial charge in [0.25, 0.3) is 5.69 Å². The third-order valence-electron chi connectivity index (χ3n) is 2.46. The maximum atomic E-state index is 10.7. The first-order valence-corrected chi connectivity index (χ1v) is 6.25. The standard InChI is InChI=1S/C12H11BrN4O2/c13-10-4-2-1-3-8(10)7-15-12-6-9(17(18)19)5-11(14)16-12/h1-6H,7H2,(H3,14,15,16). The Labute approximate surface area is 117 Å². The molecule has 0 saturated carbocycles. The largest absolute Gasteiger partial charge is 0.383 e. The number of hydrogen-bond donors (Lipinski definition) is 2. The predicted octanol–water partition coefficient (Wildman–Crippen LogP) is 2.95. The Morgan fingerprint density at radius 3 is 2.79 bits per heavy atom. The van der Waals surface area contributed by atoms with Crippen molar-refractivity contribution in [2.45, 2.75) is 6.54 Å². The van der Waals surface area contributed by atoms with E-state index in [1.54, 1.807) is 0 Å². The minimum Gasteiger partial charge on any atom is -0.383 e. The Balaban J connectivity index is 2.16. The topological polar surface area (TPSA) is 94.1 Å². The number of pyridine rings is 1. The Morgan fingerprint density at radius 2 is 2.11 bits per heavy atom. The summed E-state index contributed by atoms with van der Waals surface area (Å²) in [4.78, 5) is 14.2. The number of benzene rings is 1. The molecule has 1 aromatic heterocycles. The molecule has 0 bridgehead atoms. The maximum Gasteiger partial charge on any atom is 0.276 e. The summed E-state index contributed by atoms with van der Waals surface area (Å²) in [5.41, 5.74) is 6.47. The summed E-state index contributed by atoms with van der Waals surface area (Å²) in [6.45, 7) is 0.495. The summed E-state index contributed by atoms with van der Waals surface area (Å²) in [5.74, 6) is 0.492. The molecular weight excluding hydrogens is 312 g/mol. The second kappa shape index (κ2) is 5.66. The SMILES string of the molecule is Nc1cc([N+](=O)[O-])cc(NCc2ccccc2Br)n1. The van der Waals surface area contributed by atoms with Gasteiger partial charge in [0, 0.05) is 11.0 Å². The number of aromatic nitrogens is 1. The van der Waals surface area contributed by atoms with Gasteiger partial charge >= 0.3 is 0 Å². The van der Waals surface area contributed by atoms with Gasteiger partial charge in [0.15, 0.2) is 0 Å². The fraction of sp³-hybridized carbons (Fsp3) is 0.0833. The van der Waals surface area contributed by atoms with Gasteiger partial charge in [-0.05, 0) is 11.6 Å². The van der Waals surface area contributed by atoms with Gasteiger partial charge in [-0.2, -0.15) is 0 Å². The molecule has 0 saturated heterocycles. The van der Waals surface area contributed by atoms with Crippen LogP contribution in [0.2, 0.25) is 0 Å². The molecule has 0 amide bonds. The summed E-state index contributed by atoms with van der Waals surface area (Å²) in [7, 11) is 0. The van der Waals surface area contributed by atoms with E-state index in [0.29, 0.717) is 12.4 Å². The van der Waals surface area contributed by atoms with Crippen molar-refractivity contribution in [2.75, 3.05) is 11.1 Å². The fourth-order valence-corrected chi connectivity index (χ4v) is 1.99. The van der Waals surface area contributed by atoms with Crippen molar-refractivity contribution in [2.24, 2.45) is 0 Å². The summed E-state index contributed by atoms with van der Waals surface area (Å²) < 4.78 is 0.959. The average molecular weight is 323 g/mol. The van der Waals surface area contributed by atoms with Crippen LogP contribution in [0, 0.1) is 10.1 Å². The third kappa shape index (κ3) is 3.41.